The van der Waals surface area contributed by atoms with Crippen molar-refractivity contribution in [2.24, 2.45) is 11.3 Å². The third-order valence-electron chi connectivity index (χ3n) is 6.49. The summed E-state index contributed by atoms with van der Waals surface area (Å²) in [5, 5.41) is 4.99. The predicted molar refractivity (Wildman–Crippen MR) is 122 cm³/mol. The minimum absolute atomic E-state index is 0.0615. The smallest absolute Gasteiger partial charge is 0.332 e. The number of amides is 5. The second kappa shape index (κ2) is 9.50. The molecule has 1 saturated carbocycles. The lowest BCUT2D eigenvalue weighted by Gasteiger charge is -2.43. The van der Waals surface area contributed by atoms with E-state index >= 15 is 0 Å². The molecule has 0 unspecified atom stereocenters. The lowest BCUT2D eigenvalue weighted by atomic mass is 9.64. The molecule has 2 fully saturated rings. The number of likely N-dealkylation sites (N-methyl/N-ethyl adjacent to an activating group) is 1. The van der Waals surface area contributed by atoms with Gasteiger partial charge in [-0.3, -0.25) is 19.3 Å². The minimum Gasteiger partial charge on any atom is -0.332 e. The Kier molecular flexibility index (Phi) is 7.19. The molecule has 35 heavy (non-hydrogen) atoms. The third kappa shape index (κ3) is 5.76. The fourth-order valence-electron chi connectivity index (χ4n) is 5.46. The molecule has 1 aliphatic heterocycles. The van der Waals surface area contributed by atoms with Crippen molar-refractivity contribution in [2.75, 3.05) is 25.0 Å². The van der Waals surface area contributed by atoms with Gasteiger partial charge in [0, 0.05) is 6.54 Å². The van der Waals surface area contributed by atoms with Crippen LogP contribution < -0.4 is 10.6 Å². The van der Waals surface area contributed by atoms with Crippen LogP contribution in [0.1, 0.15) is 52.5 Å². The van der Waals surface area contributed by atoms with Gasteiger partial charge in [-0.25, -0.2) is 4.79 Å². The number of para-hydroxylation sites is 1. The van der Waals surface area contributed by atoms with E-state index < -0.39 is 59.8 Å². The maximum Gasteiger partial charge on any atom is 0.418 e. The minimum atomic E-state index is -4.66. The Balaban J connectivity index is 1.67. The largest absolute Gasteiger partial charge is 0.418 e. The zero-order valence-corrected chi connectivity index (χ0v) is 20.3. The van der Waals surface area contributed by atoms with Crippen LogP contribution in [0.5, 0.6) is 0 Å². The second-order valence-electron chi connectivity index (χ2n) is 10.3. The third-order valence-corrected chi connectivity index (χ3v) is 6.49. The van der Waals surface area contributed by atoms with Gasteiger partial charge in [0.25, 0.3) is 5.91 Å². The number of imide groups is 1. The average Bonchev–Trinajstić information content (AvgIpc) is 2.93. The number of benzene rings is 1. The first-order chi connectivity index (χ1) is 16.2. The first-order valence-corrected chi connectivity index (χ1v) is 11.6. The standard InChI is InChI=1S/C24H31F3N4O4/c1-5-30(12-18(32)28-17-9-7-6-8-16(17)24(25,26)27)19(33)13-31-20(34)23(29-21(31)35)11-15(2)10-22(3,4)14-23/h6-9,15H,5,10-14H2,1-4H3,(H,28,32)(H,29,35)/t15-,23-/m0/s1. The zero-order chi connectivity index (χ0) is 26.2. The molecule has 1 saturated heterocycles. The normalized spacial score (nSPS) is 23.9. The van der Waals surface area contributed by atoms with Crippen LogP contribution in [0.25, 0.3) is 0 Å². The summed E-state index contributed by atoms with van der Waals surface area (Å²) in [6, 6.07) is 3.87. The summed E-state index contributed by atoms with van der Waals surface area (Å²) in [4.78, 5) is 53.2. The lowest BCUT2D eigenvalue weighted by Crippen LogP contribution is -2.54. The van der Waals surface area contributed by atoms with E-state index in [4.69, 9.17) is 0 Å². The molecule has 5 amide bonds. The second-order valence-corrected chi connectivity index (χ2v) is 10.3. The van der Waals surface area contributed by atoms with Gasteiger partial charge in [-0.05, 0) is 49.7 Å². The van der Waals surface area contributed by atoms with Crippen LogP contribution in [0, 0.1) is 11.3 Å². The maximum absolute atomic E-state index is 13.3. The van der Waals surface area contributed by atoms with E-state index in [2.05, 4.69) is 10.6 Å². The number of hydrogen-bond acceptors (Lipinski definition) is 4. The maximum atomic E-state index is 13.3. The van der Waals surface area contributed by atoms with Gasteiger partial charge in [-0.1, -0.05) is 32.9 Å². The van der Waals surface area contributed by atoms with Gasteiger partial charge in [0.15, 0.2) is 0 Å². The van der Waals surface area contributed by atoms with E-state index in [-0.39, 0.29) is 17.9 Å². The summed E-state index contributed by atoms with van der Waals surface area (Å²) >= 11 is 0. The molecule has 0 aromatic heterocycles. The van der Waals surface area contributed by atoms with E-state index in [1.165, 1.54) is 12.1 Å². The average molecular weight is 497 g/mol. The highest BCUT2D eigenvalue weighted by Crippen LogP contribution is 2.46. The van der Waals surface area contributed by atoms with E-state index in [9.17, 15) is 32.3 Å². The fourth-order valence-corrected chi connectivity index (χ4v) is 5.46. The van der Waals surface area contributed by atoms with Gasteiger partial charge in [-0.15, -0.1) is 0 Å². The number of halogens is 3. The van der Waals surface area contributed by atoms with Crippen LogP contribution >= 0.6 is 0 Å². The van der Waals surface area contributed by atoms with E-state index in [1.54, 1.807) is 6.92 Å². The molecule has 2 atom stereocenters. The molecule has 1 aliphatic carbocycles. The molecule has 192 valence electrons. The van der Waals surface area contributed by atoms with Crippen molar-refractivity contribution in [3.05, 3.63) is 29.8 Å². The molecule has 1 spiro atoms. The quantitative estimate of drug-likeness (QED) is 0.588. The number of urea groups is 1. The fraction of sp³-hybridized carbons (Fsp3) is 0.583. The molecule has 2 aliphatic rings. The highest BCUT2D eigenvalue weighted by molar-refractivity contribution is 6.09. The molecule has 1 aromatic rings. The number of nitrogens with one attached hydrogen (secondary N) is 2. The first-order valence-electron chi connectivity index (χ1n) is 11.6. The topological polar surface area (TPSA) is 98.8 Å². The number of alkyl halides is 3. The van der Waals surface area contributed by atoms with Crippen LogP contribution in [0.3, 0.4) is 0 Å². The molecular weight excluding hydrogens is 465 g/mol. The molecule has 8 nitrogen and oxygen atoms in total. The van der Waals surface area contributed by atoms with Gasteiger partial charge in [0.05, 0.1) is 17.8 Å². The molecule has 11 heteroatoms. The van der Waals surface area contributed by atoms with Gasteiger partial charge in [0.2, 0.25) is 11.8 Å². The summed E-state index contributed by atoms with van der Waals surface area (Å²) in [5.41, 5.74) is -2.65. The molecule has 1 aromatic carbocycles. The monoisotopic (exact) mass is 496 g/mol. The van der Waals surface area contributed by atoms with E-state index in [1.807, 2.05) is 20.8 Å². The zero-order valence-electron chi connectivity index (χ0n) is 20.3. The number of nitrogens with zero attached hydrogens (tertiary/aromatic N) is 2. The summed E-state index contributed by atoms with van der Waals surface area (Å²) in [5.74, 6) is -1.74. The summed E-state index contributed by atoms with van der Waals surface area (Å²) in [7, 11) is 0. The molecule has 0 radical (unpaired) electrons. The Morgan fingerprint density at radius 2 is 1.86 bits per heavy atom. The summed E-state index contributed by atoms with van der Waals surface area (Å²) in [6.07, 6.45) is -2.82. The van der Waals surface area contributed by atoms with Gasteiger partial charge < -0.3 is 15.5 Å². The van der Waals surface area contributed by atoms with E-state index in [0.717, 1.165) is 28.4 Å². The Labute approximate surface area is 202 Å². The van der Waals surface area contributed by atoms with Crippen LogP contribution in [0.4, 0.5) is 23.7 Å². The van der Waals surface area contributed by atoms with Crippen LogP contribution in [0.15, 0.2) is 24.3 Å². The highest BCUT2D eigenvalue weighted by atomic mass is 19.4. The highest BCUT2D eigenvalue weighted by Gasteiger charge is 2.56. The predicted octanol–water partition coefficient (Wildman–Crippen LogP) is 3.63. The first kappa shape index (κ1) is 26.5. The Morgan fingerprint density at radius 3 is 2.46 bits per heavy atom. The van der Waals surface area contributed by atoms with Crippen molar-refractivity contribution in [1.82, 2.24) is 15.1 Å². The number of hydrogen-bond donors (Lipinski definition) is 2. The number of rotatable bonds is 6. The molecule has 2 N–H and O–H groups in total. The van der Waals surface area contributed by atoms with Crippen LogP contribution in [0.2, 0.25) is 0 Å². The van der Waals surface area contributed by atoms with Gasteiger partial charge >= 0.3 is 12.2 Å². The van der Waals surface area contributed by atoms with Crippen molar-refractivity contribution in [2.45, 2.75) is 58.7 Å². The summed E-state index contributed by atoms with van der Waals surface area (Å²) in [6.45, 7) is 6.66. The van der Waals surface area contributed by atoms with Crippen molar-refractivity contribution in [1.29, 1.82) is 0 Å². The van der Waals surface area contributed by atoms with Crippen LogP contribution in [-0.4, -0.2) is 58.7 Å². The SMILES string of the molecule is CCN(CC(=O)Nc1ccccc1C(F)(F)F)C(=O)CN1C(=O)N[C@]2(C[C@@H](C)CC(C)(C)C2)C1=O. The Bertz CT molecular complexity index is 1030. The Morgan fingerprint density at radius 1 is 1.20 bits per heavy atom. The van der Waals surface area contributed by atoms with Crippen molar-refractivity contribution < 1.29 is 32.3 Å². The van der Waals surface area contributed by atoms with Crippen molar-refractivity contribution in [3.8, 4) is 0 Å². The lowest BCUT2D eigenvalue weighted by molar-refractivity contribution is -0.141. The van der Waals surface area contributed by atoms with Gasteiger partial charge in [0.1, 0.15) is 12.1 Å². The number of carbonyl (C=O) groups excluding carboxylic acids is 4. The molecule has 3 rings (SSSR count). The summed E-state index contributed by atoms with van der Waals surface area (Å²) < 4.78 is 39.6. The number of carbonyl (C=O) groups is 4. The molecule has 1 heterocycles. The van der Waals surface area contributed by atoms with Crippen LogP contribution in [-0.2, 0) is 20.6 Å². The number of anilines is 1. The molecular formula is C24H31F3N4O4. The van der Waals surface area contributed by atoms with Crippen molar-refractivity contribution in [3.63, 3.8) is 0 Å². The van der Waals surface area contributed by atoms with Gasteiger partial charge in [-0.2, -0.15) is 13.2 Å². The van der Waals surface area contributed by atoms with Crippen molar-refractivity contribution >= 4 is 29.4 Å². The Hall–Kier alpha value is -3.11. The van der Waals surface area contributed by atoms with E-state index in [0.29, 0.717) is 12.8 Å². The molecule has 0 bridgehead atoms.